The maximum absolute atomic E-state index is 11.6. The fourth-order valence-corrected chi connectivity index (χ4v) is 1.89. The number of carbonyl (C=O) groups is 2. The quantitative estimate of drug-likeness (QED) is 0.815. The van der Waals surface area contributed by atoms with E-state index in [1.54, 1.807) is 0 Å². The van der Waals surface area contributed by atoms with E-state index in [9.17, 15) is 9.59 Å². The fourth-order valence-electron chi connectivity index (χ4n) is 1.89. The number of hydrogen-bond acceptors (Lipinski definition) is 4. The lowest BCUT2D eigenvalue weighted by atomic mass is 10.0. The lowest BCUT2D eigenvalue weighted by Gasteiger charge is -2.14. The largest absolute Gasteiger partial charge is 0.443 e. The summed E-state index contributed by atoms with van der Waals surface area (Å²) in [6.07, 6.45) is -0.720. The second-order valence-corrected chi connectivity index (χ2v) is 4.70. The number of ether oxygens (including phenoxy) is 1. The van der Waals surface area contributed by atoms with E-state index < -0.39 is 12.1 Å². The van der Waals surface area contributed by atoms with Crippen LogP contribution in [0.2, 0.25) is 0 Å². The molecular formula is C17H17NO4. The molecule has 114 valence electrons. The van der Waals surface area contributed by atoms with Gasteiger partial charge in [0, 0.05) is 6.92 Å². The Bertz CT molecular complexity index is 637. The molecule has 0 N–H and O–H groups in total. The molecular weight excluding hydrogens is 282 g/mol. The standard InChI is InChI=1S/C17H17NO4/c1-13(19)22-18(2)17(20)21-12-14-8-10-16(11-9-14)15-6-4-3-5-7-15/h3-11H,12H2,1-2H3. The van der Waals surface area contributed by atoms with Crippen LogP contribution in [0.1, 0.15) is 12.5 Å². The van der Waals surface area contributed by atoms with Crippen molar-refractivity contribution in [2.24, 2.45) is 0 Å². The molecule has 0 atom stereocenters. The van der Waals surface area contributed by atoms with Gasteiger partial charge in [-0.05, 0) is 16.7 Å². The SMILES string of the molecule is CC(=O)ON(C)C(=O)OCc1ccc(-c2ccccc2)cc1. The molecule has 22 heavy (non-hydrogen) atoms. The van der Waals surface area contributed by atoms with Gasteiger partial charge in [0.25, 0.3) is 0 Å². The molecule has 0 aliphatic heterocycles. The number of nitrogens with zero attached hydrogens (tertiary/aromatic N) is 1. The van der Waals surface area contributed by atoms with Crippen molar-refractivity contribution in [2.75, 3.05) is 7.05 Å². The minimum absolute atomic E-state index is 0.111. The highest BCUT2D eigenvalue weighted by atomic mass is 16.7. The number of carbonyl (C=O) groups excluding carboxylic acids is 2. The summed E-state index contributed by atoms with van der Waals surface area (Å²) in [5.74, 6) is -0.577. The van der Waals surface area contributed by atoms with Crippen molar-refractivity contribution in [1.82, 2.24) is 5.06 Å². The number of rotatable bonds is 3. The summed E-state index contributed by atoms with van der Waals surface area (Å²) < 4.78 is 5.05. The van der Waals surface area contributed by atoms with Crippen LogP contribution in [0.15, 0.2) is 54.6 Å². The van der Waals surface area contributed by atoms with Gasteiger partial charge in [-0.1, -0.05) is 54.6 Å². The molecule has 0 saturated heterocycles. The maximum Gasteiger partial charge on any atom is 0.443 e. The number of hydroxylamine groups is 2. The lowest BCUT2D eigenvalue weighted by Crippen LogP contribution is -2.29. The zero-order valence-electron chi connectivity index (χ0n) is 12.5. The van der Waals surface area contributed by atoms with Crippen LogP contribution in [-0.2, 0) is 21.0 Å². The molecule has 2 aromatic carbocycles. The van der Waals surface area contributed by atoms with E-state index in [4.69, 9.17) is 4.74 Å². The van der Waals surface area contributed by atoms with Crippen LogP contribution in [0.25, 0.3) is 11.1 Å². The summed E-state index contributed by atoms with van der Waals surface area (Å²) >= 11 is 0. The van der Waals surface area contributed by atoms with Crippen LogP contribution >= 0.6 is 0 Å². The summed E-state index contributed by atoms with van der Waals surface area (Å²) in [7, 11) is 1.32. The van der Waals surface area contributed by atoms with Gasteiger partial charge in [-0.2, -0.15) is 0 Å². The van der Waals surface area contributed by atoms with E-state index >= 15 is 0 Å². The smallest absolute Gasteiger partial charge is 0.442 e. The third-order valence-electron chi connectivity index (χ3n) is 2.95. The second kappa shape index (κ2) is 7.26. The van der Waals surface area contributed by atoms with Gasteiger partial charge in [0.15, 0.2) is 0 Å². The van der Waals surface area contributed by atoms with Crippen LogP contribution in [0, 0.1) is 0 Å². The van der Waals surface area contributed by atoms with Crippen molar-refractivity contribution in [1.29, 1.82) is 0 Å². The van der Waals surface area contributed by atoms with Gasteiger partial charge in [0.2, 0.25) is 0 Å². The van der Waals surface area contributed by atoms with Crippen molar-refractivity contribution in [3.05, 3.63) is 60.2 Å². The second-order valence-electron chi connectivity index (χ2n) is 4.70. The highest BCUT2D eigenvalue weighted by Crippen LogP contribution is 2.19. The van der Waals surface area contributed by atoms with E-state index in [0.717, 1.165) is 21.8 Å². The lowest BCUT2D eigenvalue weighted by molar-refractivity contribution is -0.173. The van der Waals surface area contributed by atoms with Crippen molar-refractivity contribution in [2.45, 2.75) is 13.5 Å². The van der Waals surface area contributed by atoms with Gasteiger partial charge < -0.3 is 9.57 Å². The first-order valence-corrected chi connectivity index (χ1v) is 6.79. The average molecular weight is 299 g/mol. The van der Waals surface area contributed by atoms with Crippen LogP contribution in [0.3, 0.4) is 0 Å². The van der Waals surface area contributed by atoms with Gasteiger partial charge in [-0.25, -0.2) is 4.79 Å². The van der Waals surface area contributed by atoms with Gasteiger partial charge >= 0.3 is 12.1 Å². The average Bonchev–Trinajstić information content (AvgIpc) is 2.53. The first kappa shape index (κ1) is 15.6. The van der Waals surface area contributed by atoms with E-state index in [1.165, 1.54) is 14.0 Å². The minimum Gasteiger partial charge on any atom is -0.442 e. The number of amides is 1. The summed E-state index contributed by atoms with van der Waals surface area (Å²) in [6, 6.07) is 17.7. The van der Waals surface area contributed by atoms with Gasteiger partial charge in [-0.3, -0.25) is 4.79 Å². The van der Waals surface area contributed by atoms with Gasteiger partial charge in [-0.15, -0.1) is 5.06 Å². The Morgan fingerprint density at radius 3 is 2.14 bits per heavy atom. The highest BCUT2D eigenvalue weighted by Gasteiger charge is 2.13. The molecule has 0 unspecified atom stereocenters. The Kier molecular flexibility index (Phi) is 5.14. The van der Waals surface area contributed by atoms with Crippen molar-refractivity contribution in [3.63, 3.8) is 0 Å². The molecule has 2 rings (SSSR count). The summed E-state index contributed by atoms with van der Waals surface area (Å²) in [5.41, 5.74) is 3.07. The van der Waals surface area contributed by atoms with Crippen molar-refractivity contribution >= 4 is 12.1 Å². The number of hydrogen-bond donors (Lipinski definition) is 0. The molecule has 5 heteroatoms. The number of benzene rings is 2. The van der Waals surface area contributed by atoms with Crippen LogP contribution in [-0.4, -0.2) is 24.2 Å². The third kappa shape index (κ3) is 4.34. The Labute approximate surface area is 129 Å². The molecule has 0 radical (unpaired) electrons. The molecule has 0 aliphatic rings. The Morgan fingerprint density at radius 2 is 1.55 bits per heavy atom. The third-order valence-corrected chi connectivity index (χ3v) is 2.95. The van der Waals surface area contributed by atoms with E-state index in [2.05, 4.69) is 4.84 Å². The van der Waals surface area contributed by atoms with Gasteiger partial charge in [0.05, 0.1) is 7.05 Å². The molecule has 0 aromatic heterocycles. The van der Waals surface area contributed by atoms with Crippen molar-refractivity contribution < 1.29 is 19.2 Å². The molecule has 0 saturated carbocycles. The molecule has 0 aliphatic carbocycles. The van der Waals surface area contributed by atoms with E-state index in [0.29, 0.717) is 0 Å². The maximum atomic E-state index is 11.6. The predicted octanol–water partition coefficient (Wildman–Crippen LogP) is 3.40. The van der Waals surface area contributed by atoms with Crippen LogP contribution in [0.4, 0.5) is 4.79 Å². The molecule has 1 amide bonds. The van der Waals surface area contributed by atoms with Gasteiger partial charge in [0.1, 0.15) is 6.61 Å². The molecule has 5 nitrogen and oxygen atoms in total. The predicted molar refractivity (Wildman–Crippen MR) is 81.6 cm³/mol. The van der Waals surface area contributed by atoms with Crippen LogP contribution in [0.5, 0.6) is 0 Å². The topological polar surface area (TPSA) is 55.8 Å². The highest BCUT2D eigenvalue weighted by molar-refractivity contribution is 5.71. The fraction of sp³-hybridized carbons (Fsp3) is 0.176. The minimum atomic E-state index is -0.720. The van der Waals surface area contributed by atoms with Crippen LogP contribution < -0.4 is 0 Å². The van der Waals surface area contributed by atoms with E-state index in [1.807, 2.05) is 54.6 Å². The first-order chi connectivity index (χ1) is 10.6. The monoisotopic (exact) mass is 299 g/mol. The van der Waals surface area contributed by atoms with Crippen molar-refractivity contribution in [3.8, 4) is 11.1 Å². The molecule has 2 aromatic rings. The normalized spacial score (nSPS) is 9.91. The zero-order valence-corrected chi connectivity index (χ0v) is 12.5. The summed E-state index contributed by atoms with van der Waals surface area (Å²) in [4.78, 5) is 26.9. The molecule has 0 bridgehead atoms. The Morgan fingerprint density at radius 1 is 0.955 bits per heavy atom. The first-order valence-electron chi connectivity index (χ1n) is 6.79. The summed E-state index contributed by atoms with van der Waals surface area (Å²) in [6.45, 7) is 1.32. The zero-order chi connectivity index (χ0) is 15.9. The molecule has 0 heterocycles. The Balaban J connectivity index is 1.92. The Hall–Kier alpha value is -2.82. The van der Waals surface area contributed by atoms with E-state index in [-0.39, 0.29) is 6.61 Å². The molecule has 0 spiro atoms. The summed E-state index contributed by atoms with van der Waals surface area (Å²) in [5, 5.41) is 0.765. The molecule has 0 fully saturated rings.